The summed E-state index contributed by atoms with van der Waals surface area (Å²) < 4.78 is 0. The van der Waals surface area contributed by atoms with Crippen molar-refractivity contribution in [3.8, 4) is 0 Å². The van der Waals surface area contributed by atoms with Crippen LogP contribution in [0, 0.1) is 0 Å². The third-order valence-electron chi connectivity index (χ3n) is 4.63. The molecule has 2 amide bonds. The number of carbonyl (C=O) groups is 2. The average Bonchev–Trinajstić information content (AvgIpc) is 3.27. The summed E-state index contributed by atoms with van der Waals surface area (Å²) in [5.74, 6) is 0.101. The standard InChI is InChI=1S/C18H19N5O2S/c24-17(10-13-4-9-26-12-13)22-5-1-6-23(8-7-22)18(25)14-2-3-15-16(11-14)20-21-19-15/h2-4,9,11-12H,1,5-8,10H2,(H,19,20,21). The Hall–Kier alpha value is -2.74. The third kappa shape index (κ3) is 3.45. The molecule has 8 heteroatoms. The van der Waals surface area contributed by atoms with E-state index in [9.17, 15) is 9.59 Å². The zero-order valence-corrected chi connectivity index (χ0v) is 15.0. The Bertz CT molecular complexity index is 921. The molecule has 0 radical (unpaired) electrons. The summed E-state index contributed by atoms with van der Waals surface area (Å²) in [5, 5.41) is 14.6. The summed E-state index contributed by atoms with van der Waals surface area (Å²) in [4.78, 5) is 29.0. The van der Waals surface area contributed by atoms with Crippen LogP contribution in [0.15, 0.2) is 35.0 Å². The second kappa shape index (κ2) is 7.25. The lowest BCUT2D eigenvalue weighted by molar-refractivity contribution is -0.130. The van der Waals surface area contributed by atoms with E-state index in [1.54, 1.807) is 29.5 Å². The Balaban J connectivity index is 1.41. The number of hydrogen-bond acceptors (Lipinski definition) is 5. The van der Waals surface area contributed by atoms with E-state index in [0.717, 1.165) is 17.5 Å². The van der Waals surface area contributed by atoms with Crippen molar-refractivity contribution < 1.29 is 9.59 Å². The highest BCUT2D eigenvalue weighted by atomic mass is 32.1. The van der Waals surface area contributed by atoms with Crippen LogP contribution in [0.4, 0.5) is 0 Å². The van der Waals surface area contributed by atoms with Gasteiger partial charge in [-0.05, 0) is 47.0 Å². The van der Waals surface area contributed by atoms with Crippen molar-refractivity contribution in [2.24, 2.45) is 0 Å². The summed E-state index contributed by atoms with van der Waals surface area (Å²) in [7, 11) is 0. The number of benzene rings is 1. The first-order chi connectivity index (χ1) is 12.7. The van der Waals surface area contributed by atoms with Gasteiger partial charge in [-0.15, -0.1) is 0 Å². The largest absolute Gasteiger partial charge is 0.341 e. The van der Waals surface area contributed by atoms with Gasteiger partial charge in [-0.3, -0.25) is 9.59 Å². The van der Waals surface area contributed by atoms with Crippen molar-refractivity contribution in [2.45, 2.75) is 12.8 Å². The van der Waals surface area contributed by atoms with Crippen molar-refractivity contribution >= 4 is 34.2 Å². The monoisotopic (exact) mass is 369 g/mol. The fourth-order valence-electron chi connectivity index (χ4n) is 3.21. The minimum Gasteiger partial charge on any atom is -0.341 e. The molecule has 0 aliphatic carbocycles. The molecule has 1 saturated heterocycles. The van der Waals surface area contributed by atoms with Crippen LogP contribution in [0.25, 0.3) is 11.0 Å². The van der Waals surface area contributed by atoms with E-state index in [2.05, 4.69) is 15.4 Å². The second-order valence-electron chi connectivity index (χ2n) is 6.36. The lowest BCUT2D eigenvalue weighted by Gasteiger charge is -2.22. The van der Waals surface area contributed by atoms with Crippen molar-refractivity contribution in [3.63, 3.8) is 0 Å². The van der Waals surface area contributed by atoms with Crippen LogP contribution in [0.5, 0.6) is 0 Å². The summed E-state index contributed by atoms with van der Waals surface area (Å²) in [6.07, 6.45) is 1.22. The Labute approximate surface area is 154 Å². The molecule has 3 aromatic rings. The van der Waals surface area contributed by atoms with Gasteiger partial charge in [0.2, 0.25) is 5.91 Å². The van der Waals surface area contributed by atoms with Gasteiger partial charge in [0.25, 0.3) is 5.91 Å². The van der Waals surface area contributed by atoms with Crippen LogP contribution in [0.3, 0.4) is 0 Å². The molecule has 0 atom stereocenters. The van der Waals surface area contributed by atoms with Crippen LogP contribution in [0.2, 0.25) is 0 Å². The van der Waals surface area contributed by atoms with E-state index >= 15 is 0 Å². The normalized spacial score (nSPS) is 15.2. The fourth-order valence-corrected chi connectivity index (χ4v) is 3.87. The van der Waals surface area contributed by atoms with Crippen molar-refractivity contribution in [1.82, 2.24) is 25.2 Å². The van der Waals surface area contributed by atoms with Crippen molar-refractivity contribution in [3.05, 3.63) is 46.2 Å². The Morgan fingerprint density at radius 2 is 1.85 bits per heavy atom. The highest BCUT2D eigenvalue weighted by Gasteiger charge is 2.23. The van der Waals surface area contributed by atoms with E-state index in [0.29, 0.717) is 43.7 Å². The molecular formula is C18H19N5O2S. The molecule has 134 valence electrons. The number of fused-ring (bicyclic) bond motifs is 1. The van der Waals surface area contributed by atoms with Gasteiger partial charge in [-0.25, -0.2) is 0 Å². The minimum atomic E-state index is -0.0259. The van der Waals surface area contributed by atoms with Crippen LogP contribution < -0.4 is 0 Å². The van der Waals surface area contributed by atoms with Gasteiger partial charge in [-0.1, -0.05) is 0 Å². The molecule has 0 unspecified atom stereocenters. The number of H-pyrrole nitrogens is 1. The predicted octanol–water partition coefficient (Wildman–Crippen LogP) is 1.94. The maximum absolute atomic E-state index is 12.8. The third-order valence-corrected chi connectivity index (χ3v) is 5.37. The summed E-state index contributed by atoms with van der Waals surface area (Å²) >= 11 is 1.60. The van der Waals surface area contributed by atoms with Crippen LogP contribution in [0.1, 0.15) is 22.3 Å². The highest BCUT2D eigenvalue weighted by molar-refractivity contribution is 7.08. The molecule has 1 aliphatic rings. The van der Waals surface area contributed by atoms with E-state index in [1.807, 2.05) is 26.6 Å². The average molecular weight is 369 g/mol. The van der Waals surface area contributed by atoms with E-state index < -0.39 is 0 Å². The minimum absolute atomic E-state index is 0.0259. The van der Waals surface area contributed by atoms with E-state index in [-0.39, 0.29) is 11.8 Å². The first-order valence-electron chi connectivity index (χ1n) is 8.59. The second-order valence-corrected chi connectivity index (χ2v) is 7.14. The first-order valence-corrected chi connectivity index (χ1v) is 9.53. The van der Waals surface area contributed by atoms with Gasteiger partial charge in [0, 0.05) is 31.7 Å². The number of aromatic nitrogens is 3. The fraction of sp³-hybridized carbons (Fsp3) is 0.333. The number of amides is 2. The van der Waals surface area contributed by atoms with Crippen molar-refractivity contribution in [1.29, 1.82) is 0 Å². The Morgan fingerprint density at radius 1 is 1.04 bits per heavy atom. The number of thiophene rings is 1. The van der Waals surface area contributed by atoms with Crippen LogP contribution in [-0.4, -0.2) is 63.2 Å². The maximum atomic E-state index is 12.8. The summed E-state index contributed by atoms with van der Waals surface area (Å²) in [5.41, 5.74) is 3.07. The SMILES string of the molecule is O=C(Cc1ccsc1)N1CCCN(C(=O)c2ccc3n[nH]nc3c2)CC1. The molecule has 2 aromatic heterocycles. The first kappa shape index (κ1) is 16.7. The zero-order valence-electron chi connectivity index (χ0n) is 14.2. The van der Waals surface area contributed by atoms with Gasteiger partial charge in [-0.2, -0.15) is 26.7 Å². The highest BCUT2D eigenvalue weighted by Crippen LogP contribution is 2.15. The van der Waals surface area contributed by atoms with Gasteiger partial charge in [0.05, 0.1) is 6.42 Å². The number of hydrogen-bond donors (Lipinski definition) is 1. The Kier molecular flexibility index (Phi) is 4.66. The number of aromatic amines is 1. The smallest absolute Gasteiger partial charge is 0.253 e. The summed E-state index contributed by atoms with van der Waals surface area (Å²) in [6.45, 7) is 2.46. The van der Waals surface area contributed by atoms with Crippen molar-refractivity contribution in [2.75, 3.05) is 26.2 Å². The van der Waals surface area contributed by atoms with Gasteiger partial charge in [0.15, 0.2) is 0 Å². The van der Waals surface area contributed by atoms with Gasteiger partial charge >= 0.3 is 0 Å². The van der Waals surface area contributed by atoms with E-state index in [1.165, 1.54) is 0 Å². The lowest BCUT2D eigenvalue weighted by atomic mass is 10.1. The number of nitrogens with zero attached hydrogens (tertiary/aromatic N) is 4. The maximum Gasteiger partial charge on any atom is 0.253 e. The molecule has 7 nitrogen and oxygen atoms in total. The van der Waals surface area contributed by atoms with Crippen LogP contribution >= 0.6 is 11.3 Å². The molecule has 1 N–H and O–H groups in total. The van der Waals surface area contributed by atoms with Crippen LogP contribution in [-0.2, 0) is 11.2 Å². The zero-order chi connectivity index (χ0) is 17.9. The molecule has 1 aromatic carbocycles. The molecule has 3 heterocycles. The Morgan fingerprint density at radius 3 is 2.69 bits per heavy atom. The molecular weight excluding hydrogens is 350 g/mol. The van der Waals surface area contributed by atoms with E-state index in [4.69, 9.17) is 0 Å². The summed E-state index contributed by atoms with van der Waals surface area (Å²) in [6, 6.07) is 7.31. The predicted molar refractivity (Wildman–Crippen MR) is 99.0 cm³/mol. The molecule has 1 fully saturated rings. The topological polar surface area (TPSA) is 82.2 Å². The number of nitrogens with one attached hydrogen (secondary N) is 1. The number of carbonyl (C=O) groups excluding carboxylic acids is 2. The molecule has 0 saturated carbocycles. The quantitative estimate of drug-likeness (QED) is 0.765. The van der Waals surface area contributed by atoms with Gasteiger partial charge in [0.1, 0.15) is 11.0 Å². The molecule has 4 rings (SSSR count). The molecule has 26 heavy (non-hydrogen) atoms. The molecule has 1 aliphatic heterocycles. The number of rotatable bonds is 3. The molecule has 0 bridgehead atoms. The molecule has 0 spiro atoms. The lowest BCUT2D eigenvalue weighted by Crippen LogP contribution is -2.37. The van der Waals surface area contributed by atoms with Gasteiger partial charge < -0.3 is 9.80 Å².